The first-order chi connectivity index (χ1) is 16.8. The molecule has 4 heterocycles. The van der Waals surface area contributed by atoms with Crippen LogP contribution in [0.4, 0.5) is 4.39 Å². The van der Waals surface area contributed by atoms with Crippen molar-refractivity contribution < 1.29 is 22.2 Å². The molecule has 8 nitrogen and oxygen atoms in total. The van der Waals surface area contributed by atoms with Crippen LogP contribution in [0.3, 0.4) is 0 Å². The van der Waals surface area contributed by atoms with Gasteiger partial charge in [-0.05, 0) is 62.1 Å². The maximum absolute atomic E-state index is 13.8. The molecule has 37 heavy (non-hydrogen) atoms. The van der Waals surface area contributed by atoms with Crippen molar-refractivity contribution in [3.63, 3.8) is 0 Å². The van der Waals surface area contributed by atoms with Gasteiger partial charge in [0.2, 0.25) is 0 Å². The number of allylic oxidation sites excluding steroid dienone is 3. The van der Waals surface area contributed by atoms with E-state index in [2.05, 4.69) is 15.5 Å². The van der Waals surface area contributed by atoms with Gasteiger partial charge in [-0.3, -0.25) is 9.35 Å². The van der Waals surface area contributed by atoms with Gasteiger partial charge in [0.25, 0.3) is 16.0 Å². The zero-order chi connectivity index (χ0) is 24.6. The first-order valence-electron chi connectivity index (χ1n) is 11.9. The normalized spacial score (nSPS) is 21.2. The number of nitrogens with one attached hydrogen (secondary N) is 2. The molecule has 0 bridgehead atoms. The van der Waals surface area contributed by atoms with Crippen LogP contribution >= 0.6 is 24.8 Å². The summed E-state index contributed by atoms with van der Waals surface area (Å²) < 4.78 is 48.4. The van der Waals surface area contributed by atoms with Crippen molar-refractivity contribution in [1.82, 2.24) is 20.4 Å². The molecule has 0 spiro atoms. The molecule has 1 atom stereocenters. The number of hydrogen-bond acceptors (Lipinski definition) is 6. The molecular weight excluding hydrogens is 542 g/mol. The topological polar surface area (TPSA) is 102 Å². The fourth-order valence-electron chi connectivity index (χ4n) is 5.26. The highest BCUT2D eigenvalue weighted by Crippen LogP contribution is 2.37. The third-order valence-electron chi connectivity index (χ3n) is 6.99. The van der Waals surface area contributed by atoms with Crippen LogP contribution in [0.5, 0.6) is 0 Å². The number of hydrogen-bond donors (Lipinski definition) is 3. The molecule has 1 aromatic carbocycles. The first-order valence-corrected chi connectivity index (χ1v) is 13.4. The molecule has 1 aromatic rings. The smallest absolute Gasteiger partial charge is 0.297 e. The van der Waals surface area contributed by atoms with Gasteiger partial charge in [0.05, 0.1) is 17.3 Å². The lowest BCUT2D eigenvalue weighted by atomic mass is 10.00. The average Bonchev–Trinajstić information content (AvgIpc) is 3.25. The number of amides is 1. The van der Waals surface area contributed by atoms with E-state index in [0.717, 1.165) is 50.3 Å². The Morgan fingerprint density at radius 1 is 1.19 bits per heavy atom. The zero-order valence-electron chi connectivity index (χ0n) is 20.1. The number of rotatable bonds is 7. The molecule has 0 aliphatic carbocycles. The minimum absolute atomic E-state index is 0. The van der Waals surface area contributed by atoms with E-state index in [1.807, 2.05) is 18.2 Å². The maximum atomic E-state index is 13.8. The molecule has 202 valence electrons. The number of carbonyl (C=O) groups is 1. The van der Waals surface area contributed by atoms with E-state index in [4.69, 9.17) is 0 Å². The Labute approximate surface area is 228 Å². The lowest BCUT2D eigenvalue weighted by Gasteiger charge is -2.35. The van der Waals surface area contributed by atoms with Crippen molar-refractivity contribution in [3.8, 4) is 0 Å². The number of aryl methyl sites for hydroxylation is 1. The molecule has 2 fully saturated rings. The quantitative estimate of drug-likeness (QED) is 0.432. The molecule has 12 heteroatoms. The van der Waals surface area contributed by atoms with E-state index in [1.54, 1.807) is 29.2 Å². The summed E-state index contributed by atoms with van der Waals surface area (Å²) in [6.07, 6.45) is 9.76. The van der Waals surface area contributed by atoms with Crippen LogP contribution in [0.25, 0.3) is 0 Å². The molecule has 2 saturated heterocycles. The fourth-order valence-corrected chi connectivity index (χ4v) is 6.12. The van der Waals surface area contributed by atoms with Crippen molar-refractivity contribution in [1.29, 1.82) is 0 Å². The van der Waals surface area contributed by atoms with Gasteiger partial charge < -0.3 is 20.4 Å². The molecule has 3 N–H and O–H groups in total. The van der Waals surface area contributed by atoms with Gasteiger partial charge in [0.15, 0.2) is 0 Å². The maximum Gasteiger partial charge on any atom is 0.297 e. The van der Waals surface area contributed by atoms with Crippen LogP contribution in [0.2, 0.25) is 0 Å². The third-order valence-corrected chi connectivity index (χ3v) is 7.94. The number of carbonyl (C=O) groups excluding carboxylic acids is 1. The second kappa shape index (κ2) is 12.0. The van der Waals surface area contributed by atoms with Crippen LogP contribution < -0.4 is 10.6 Å². The number of halogens is 3. The average molecular weight is 574 g/mol. The summed E-state index contributed by atoms with van der Waals surface area (Å²) in [5.74, 6) is 0.0866. The number of piperidine rings is 1. The van der Waals surface area contributed by atoms with Crippen molar-refractivity contribution in [2.75, 3.05) is 26.2 Å². The Morgan fingerprint density at radius 2 is 1.92 bits per heavy atom. The summed E-state index contributed by atoms with van der Waals surface area (Å²) in [7, 11) is -4.63. The Hall–Kier alpha value is -2.37. The molecule has 0 saturated carbocycles. The van der Waals surface area contributed by atoms with Crippen LogP contribution in [0, 0.1) is 5.82 Å². The highest BCUT2D eigenvalue weighted by Gasteiger charge is 2.41. The van der Waals surface area contributed by atoms with Gasteiger partial charge >= 0.3 is 0 Å². The first kappa shape index (κ1) is 29.2. The van der Waals surface area contributed by atoms with Gasteiger partial charge in [-0.2, -0.15) is 8.42 Å². The van der Waals surface area contributed by atoms with Crippen molar-refractivity contribution >= 4 is 40.8 Å². The van der Waals surface area contributed by atoms with Crippen molar-refractivity contribution in [3.05, 3.63) is 81.9 Å². The fraction of sp³-hybridized carbons (Fsp3) is 0.400. The monoisotopic (exact) mass is 572 g/mol. The van der Waals surface area contributed by atoms with Crippen molar-refractivity contribution in [2.24, 2.45) is 0 Å². The van der Waals surface area contributed by atoms with Crippen molar-refractivity contribution in [2.45, 2.75) is 37.8 Å². The number of benzene rings is 1. The minimum atomic E-state index is -4.63. The molecule has 1 amide bonds. The van der Waals surface area contributed by atoms with Gasteiger partial charge in [0.1, 0.15) is 16.5 Å². The SMILES string of the molecule is Cl.Cl.O=C(NC1CCN(CCCc2ccccc2F)CC1)C1=CC2CNC3=CC=CC(=C1S(=O)(=O)O)N32. The van der Waals surface area contributed by atoms with Gasteiger partial charge in [-0.15, -0.1) is 24.8 Å². The van der Waals surface area contributed by atoms with Crippen LogP contribution in [0.15, 0.2) is 70.6 Å². The van der Waals surface area contributed by atoms with Gasteiger partial charge in [-0.1, -0.05) is 24.3 Å². The standard InChI is InChI=1S/C25H29FN4O4S.2ClH/c26-21-7-2-1-5-17(21)6-4-12-29-13-10-18(11-14-29)28-25(31)20-15-19-16-27-23-9-3-8-22(30(19)23)24(20)35(32,33)34;;/h1-3,5,7-9,15,18-19,27H,4,6,10-14,16H2,(H,28,31)(H,32,33,34);2*1H. The third kappa shape index (κ3) is 6.21. The molecular formula is C25H31Cl2FN4O4S. The highest BCUT2D eigenvalue weighted by atomic mass is 35.5. The molecule has 4 aliphatic heterocycles. The zero-order valence-corrected chi connectivity index (χ0v) is 22.5. The number of likely N-dealkylation sites (tertiary alicyclic amines) is 1. The van der Waals surface area contributed by atoms with Crippen LogP contribution in [-0.2, 0) is 21.3 Å². The summed E-state index contributed by atoms with van der Waals surface area (Å²) >= 11 is 0. The van der Waals surface area contributed by atoms with Gasteiger partial charge in [-0.25, -0.2) is 4.39 Å². The Kier molecular flexibility index (Phi) is 9.47. The molecule has 0 radical (unpaired) electrons. The van der Waals surface area contributed by atoms with E-state index in [1.165, 1.54) is 6.07 Å². The van der Waals surface area contributed by atoms with Gasteiger partial charge in [0, 0.05) is 25.7 Å². The molecule has 5 rings (SSSR count). The Balaban J connectivity index is 0.00000190. The second-order valence-electron chi connectivity index (χ2n) is 9.28. The van der Waals surface area contributed by atoms with Crippen LogP contribution in [0.1, 0.15) is 24.8 Å². The lowest BCUT2D eigenvalue weighted by Crippen LogP contribution is -2.46. The molecule has 4 aliphatic rings. The molecule has 1 unspecified atom stereocenters. The Bertz CT molecular complexity index is 1260. The predicted molar refractivity (Wildman–Crippen MR) is 144 cm³/mol. The summed E-state index contributed by atoms with van der Waals surface area (Å²) in [4.78, 5) is 16.9. The lowest BCUT2D eigenvalue weighted by molar-refractivity contribution is -0.118. The summed E-state index contributed by atoms with van der Waals surface area (Å²) in [5, 5.41) is 6.18. The largest absolute Gasteiger partial charge is 0.369 e. The van der Waals surface area contributed by atoms with E-state index in [9.17, 15) is 22.2 Å². The summed E-state index contributed by atoms with van der Waals surface area (Å²) in [6.45, 7) is 2.99. The minimum Gasteiger partial charge on any atom is -0.369 e. The Morgan fingerprint density at radius 3 is 2.62 bits per heavy atom. The van der Waals surface area contributed by atoms with E-state index < -0.39 is 16.0 Å². The van der Waals surface area contributed by atoms with Crippen LogP contribution in [-0.4, -0.2) is 66.9 Å². The molecule has 0 aromatic heterocycles. The summed E-state index contributed by atoms with van der Waals surface area (Å²) in [5.41, 5.74) is 1.02. The van der Waals surface area contributed by atoms with E-state index in [-0.39, 0.29) is 53.2 Å². The number of nitrogens with zero attached hydrogens (tertiary/aromatic N) is 2. The van der Waals surface area contributed by atoms with E-state index >= 15 is 0 Å². The predicted octanol–water partition coefficient (Wildman–Crippen LogP) is 2.91. The van der Waals surface area contributed by atoms with E-state index in [0.29, 0.717) is 18.7 Å². The second-order valence-corrected chi connectivity index (χ2v) is 10.6. The highest BCUT2D eigenvalue weighted by molar-refractivity contribution is 7.90. The summed E-state index contributed by atoms with van der Waals surface area (Å²) in [6, 6.07) is 6.54.